The average Bonchev–Trinajstić information content (AvgIpc) is 3.34. The molecule has 0 bridgehead atoms. The maximum atomic E-state index is 2.58. The van der Waals surface area contributed by atoms with Crippen LogP contribution in [0.3, 0.4) is 0 Å². The first-order valence-electron chi connectivity index (χ1n) is 24.1. The van der Waals surface area contributed by atoms with E-state index in [1.54, 1.807) is 0 Å². The third-order valence-corrected chi connectivity index (χ3v) is 14.0. The number of fused-ring (bicyclic) bond motifs is 4. The molecule has 0 atom stereocenters. The lowest BCUT2D eigenvalue weighted by molar-refractivity contribution is 0.590. The van der Waals surface area contributed by atoms with Crippen molar-refractivity contribution in [3.8, 4) is 22.3 Å². The summed E-state index contributed by atoms with van der Waals surface area (Å²) < 4.78 is 0. The van der Waals surface area contributed by atoms with Gasteiger partial charge in [-0.1, -0.05) is 180 Å². The van der Waals surface area contributed by atoms with Crippen LogP contribution < -0.4 is 31.1 Å². The maximum absolute atomic E-state index is 2.58. The summed E-state index contributed by atoms with van der Waals surface area (Å²) in [7, 11) is 0. The molecule has 68 heavy (non-hydrogen) atoms. The van der Waals surface area contributed by atoms with Crippen molar-refractivity contribution in [3.05, 3.63) is 229 Å². The molecule has 4 heteroatoms. The van der Waals surface area contributed by atoms with Crippen molar-refractivity contribution in [2.24, 2.45) is 0 Å². The highest BCUT2D eigenvalue weighted by Gasteiger charge is 2.44. The molecular weight excluding hydrogens is 822 g/mol. The lowest BCUT2D eigenvalue weighted by atomic mass is 9.33. The molecule has 0 radical (unpaired) electrons. The monoisotopic (exact) mass is 879 g/mol. The van der Waals surface area contributed by atoms with Crippen molar-refractivity contribution in [2.75, 3.05) is 14.7 Å². The molecule has 0 saturated carbocycles. The predicted molar refractivity (Wildman–Crippen MR) is 293 cm³/mol. The van der Waals surface area contributed by atoms with Crippen molar-refractivity contribution in [1.82, 2.24) is 0 Å². The first-order valence-corrected chi connectivity index (χ1v) is 24.1. The third-order valence-electron chi connectivity index (χ3n) is 14.0. The van der Waals surface area contributed by atoms with E-state index >= 15 is 0 Å². The van der Waals surface area contributed by atoms with Crippen LogP contribution in [0.15, 0.2) is 206 Å². The Labute approximate surface area is 404 Å². The topological polar surface area (TPSA) is 9.72 Å². The second kappa shape index (κ2) is 16.6. The molecule has 2 aliphatic heterocycles. The zero-order chi connectivity index (χ0) is 46.9. The Balaban J connectivity index is 1.21. The Bertz CT molecular complexity index is 3270. The summed E-state index contributed by atoms with van der Waals surface area (Å²) in [5.41, 5.74) is 24.3. The maximum Gasteiger partial charge on any atom is 0.252 e. The van der Waals surface area contributed by atoms with Gasteiger partial charge in [-0.3, -0.25) is 0 Å². The van der Waals surface area contributed by atoms with Crippen LogP contribution in [-0.2, 0) is 10.8 Å². The Morgan fingerprint density at radius 3 is 1.56 bits per heavy atom. The summed E-state index contributed by atoms with van der Waals surface area (Å²) >= 11 is 0. The molecule has 0 fully saturated rings. The van der Waals surface area contributed by atoms with E-state index in [2.05, 4.69) is 276 Å². The van der Waals surface area contributed by atoms with E-state index in [4.69, 9.17) is 0 Å². The molecule has 332 valence electrons. The summed E-state index contributed by atoms with van der Waals surface area (Å²) in [6.45, 7) is 18.2. The number of rotatable bonds is 7. The van der Waals surface area contributed by atoms with Crippen LogP contribution >= 0.6 is 0 Å². The van der Waals surface area contributed by atoms with Gasteiger partial charge in [0.15, 0.2) is 0 Å². The first kappa shape index (κ1) is 43.0. The Morgan fingerprint density at radius 2 is 0.941 bits per heavy atom. The van der Waals surface area contributed by atoms with Crippen LogP contribution in [0.4, 0.5) is 51.2 Å². The van der Waals surface area contributed by atoms with Gasteiger partial charge in [-0.25, -0.2) is 0 Å². The summed E-state index contributed by atoms with van der Waals surface area (Å²) in [4.78, 5) is 7.49. The summed E-state index contributed by atoms with van der Waals surface area (Å²) in [6.07, 6.45) is 0. The number of aryl methyl sites for hydroxylation is 2. The van der Waals surface area contributed by atoms with Gasteiger partial charge in [0.25, 0.3) is 6.71 Å². The van der Waals surface area contributed by atoms with Gasteiger partial charge in [0, 0.05) is 51.1 Å². The molecule has 0 amide bonds. The molecule has 0 aliphatic carbocycles. The van der Waals surface area contributed by atoms with Gasteiger partial charge in [0.1, 0.15) is 0 Å². The second-order valence-electron chi connectivity index (χ2n) is 20.9. The summed E-state index contributed by atoms with van der Waals surface area (Å²) in [5, 5.41) is 0. The molecule has 0 spiro atoms. The van der Waals surface area contributed by atoms with E-state index in [0.717, 1.165) is 22.7 Å². The van der Waals surface area contributed by atoms with Crippen LogP contribution in [-0.4, -0.2) is 6.71 Å². The van der Waals surface area contributed by atoms with Gasteiger partial charge in [-0.2, -0.15) is 0 Å². The number of benzene rings is 9. The highest BCUT2D eigenvalue weighted by molar-refractivity contribution is 7.00. The van der Waals surface area contributed by atoms with Gasteiger partial charge in [0.2, 0.25) is 0 Å². The number of hydrogen-bond acceptors (Lipinski definition) is 3. The zero-order valence-electron chi connectivity index (χ0n) is 40.5. The van der Waals surface area contributed by atoms with E-state index in [-0.39, 0.29) is 17.5 Å². The molecule has 0 unspecified atom stereocenters. The molecule has 0 saturated heterocycles. The quantitative estimate of drug-likeness (QED) is 0.148. The van der Waals surface area contributed by atoms with Crippen LogP contribution in [0.1, 0.15) is 63.8 Å². The molecule has 9 aromatic rings. The van der Waals surface area contributed by atoms with Gasteiger partial charge >= 0.3 is 0 Å². The minimum absolute atomic E-state index is 0.0190. The normalized spacial score (nSPS) is 12.9. The van der Waals surface area contributed by atoms with Crippen molar-refractivity contribution >= 4 is 74.3 Å². The third kappa shape index (κ3) is 7.59. The van der Waals surface area contributed by atoms with Gasteiger partial charge in [-0.15, -0.1) is 0 Å². The predicted octanol–water partition coefficient (Wildman–Crippen LogP) is 15.8. The zero-order valence-corrected chi connectivity index (χ0v) is 40.5. The highest BCUT2D eigenvalue weighted by atomic mass is 15.2. The molecular formula is C64H58BN3. The standard InChI is InChI=1S/C64H58BN3/c1-43-37-44(2)39-47(38-43)54-41-49(64(6,7)8)30-36-57(54)68-58-35-27-46(45-19-12-9-13-20-45)40-56(58)65-55-34-33-53(66(50-21-14-10-15-22-50)51-23-16-11-17-24-51)42-61(55)67(59-25-18-26-60(68)62(59)65)52-31-28-48(29-32-52)63(3,4)5/h9-42H,1-8H3. The van der Waals surface area contributed by atoms with E-state index in [1.807, 2.05) is 0 Å². The minimum atomic E-state index is -0.0503. The Morgan fingerprint density at radius 1 is 0.368 bits per heavy atom. The molecule has 9 aromatic carbocycles. The SMILES string of the molecule is Cc1cc(C)cc(-c2cc(C(C)(C)C)ccc2N2c3ccc(-c4ccccc4)cc3B3c4ccc(N(c5ccccc5)c5ccccc5)cc4N(c4ccc(C(C)(C)C)cc4)c4cccc2c43)c1. The number of nitrogens with zero attached hydrogens (tertiary/aromatic N) is 3. The summed E-state index contributed by atoms with van der Waals surface area (Å²) in [5.74, 6) is 0. The molecule has 2 aliphatic rings. The molecule has 2 heterocycles. The van der Waals surface area contributed by atoms with Crippen LogP contribution in [0.25, 0.3) is 22.3 Å². The van der Waals surface area contributed by atoms with Gasteiger partial charge in [0.05, 0.1) is 5.69 Å². The molecule has 0 N–H and O–H groups in total. The van der Waals surface area contributed by atoms with E-state index < -0.39 is 0 Å². The largest absolute Gasteiger partial charge is 0.311 e. The second-order valence-corrected chi connectivity index (χ2v) is 20.9. The first-order chi connectivity index (χ1) is 32.8. The fourth-order valence-electron chi connectivity index (χ4n) is 10.7. The van der Waals surface area contributed by atoms with Crippen molar-refractivity contribution in [3.63, 3.8) is 0 Å². The lowest BCUT2D eigenvalue weighted by Crippen LogP contribution is -2.61. The average molecular weight is 880 g/mol. The van der Waals surface area contributed by atoms with Crippen molar-refractivity contribution in [1.29, 1.82) is 0 Å². The van der Waals surface area contributed by atoms with E-state index in [0.29, 0.717) is 0 Å². The Hall–Kier alpha value is -7.56. The van der Waals surface area contributed by atoms with Crippen molar-refractivity contribution in [2.45, 2.75) is 66.2 Å². The van der Waals surface area contributed by atoms with Gasteiger partial charge < -0.3 is 14.7 Å². The van der Waals surface area contributed by atoms with Crippen molar-refractivity contribution < 1.29 is 0 Å². The highest BCUT2D eigenvalue weighted by Crippen LogP contribution is 2.49. The van der Waals surface area contributed by atoms with E-state index in [9.17, 15) is 0 Å². The minimum Gasteiger partial charge on any atom is -0.311 e. The van der Waals surface area contributed by atoms with Crippen LogP contribution in [0.5, 0.6) is 0 Å². The Kier molecular flexibility index (Phi) is 10.5. The van der Waals surface area contributed by atoms with Gasteiger partial charge in [-0.05, 0) is 148 Å². The fraction of sp³-hybridized carbons (Fsp3) is 0.156. The number of anilines is 9. The molecule has 0 aromatic heterocycles. The molecule has 3 nitrogen and oxygen atoms in total. The molecule has 11 rings (SSSR count). The summed E-state index contributed by atoms with van der Waals surface area (Å²) in [6, 6.07) is 77.2. The van der Waals surface area contributed by atoms with Crippen LogP contribution in [0.2, 0.25) is 0 Å². The number of para-hydroxylation sites is 2. The lowest BCUT2D eigenvalue weighted by Gasteiger charge is -2.45. The van der Waals surface area contributed by atoms with Crippen LogP contribution in [0, 0.1) is 13.8 Å². The smallest absolute Gasteiger partial charge is 0.252 e. The van der Waals surface area contributed by atoms with E-state index in [1.165, 1.54) is 89.3 Å². The fourth-order valence-corrected chi connectivity index (χ4v) is 10.7. The number of hydrogen-bond donors (Lipinski definition) is 0.